The summed E-state index contributed by atoms with van der Waals surface area (Å²) in [5.74, 6) is -0.130. The zero-order valence-corrected chi connectivity index (χ0v) is 17.4. The molecule has 0 aliphatic carbocycles. The molecule has 1 unspecified atom stereocenters. The molecule has 142 valence electrons. The first-order chi connectivity index (χ1) is 12.1. The van der Waals surface area contributed by atoms with Crippen molar-refractivity contribution in [3.8, 4) is 0 Å². The molecule has 2 rings (SSSR count). The van der Waals surface area contributed by atoms with E-state index in [1.807, 2.05) is 27.7 Å². The van der Waals surface area contributed by atoms with Crippen LogP contribution in [-0.4, -0.2) is 33.3 Å². The summed E-state index contributed by atoms with van der Waals surface area (Å²) < 4.78 is 1.45. The van der Waals surface area contributed by atoms with Crippen LogP contribution in [0.5, 0.6) is 0 Å². The highest BCUT2D eigenvalue weighted by atomic mass is 32.2. The van der Waals surface area contributed by atoms with E-state index in [2.05, 4.69) is 15.6 Å². The molecule has 0 radical (unpaired) electrons. The van der Waals surface area contributed by atoms with Crippen molar-refractivity contribution in [3.63, 3.8) is 0 Å². The van der Waals surface area contributed by atoms with Gasteiger partial charge >= 0.3 is 6.03 Å². The Hall–Kier alpha value is -1.87. The number of thioether (sulfide) groups is 1. The Balaban J connectivity index is 2.15. The number of hydrogen-bond acceptors (Lipinski definition) is 6. The molecular formula is C17H24N4O3S2. The number of aryl methyl sites for hydroxylation is 2. The third-order valence-electron chi connectivity index (χ3n) is 3.93. The van der Waals surface area contributed by atoms with Crippen LogP contribution in [0.2, 0.25) is 0 Å². The number of amides is 3. The van der Waals surface area contributed by atoms with Crippen LogP contribution < -0.4 is 16.2 Å². The Morgan fingerprint density at radius 1 is 1.27 bits per heavy atom. The Morgan fingerprint density at radius 2 is 1.92 bits per heavy atom. The van der Waals surface area contributed by atoms with Gasteiger partial charge in [-0.1, -0.05) is 25.6 Å². The lowest BCUT2D eigenvalue weighted by atomic mass is 10.2. The van der Waals surface area contributed by atoms with Crippen molar-refractivity contribution in [2.24, 2.45) is 13.0 Å². The van der Waals surface area contributed by atoms with Crippen molar-refractivity contribution < 1.29 is 9.59 Å². The highest BCUT2D eigenvalue weighted by Crippen LogP contribution is 2.29. The summed E-state index contributed by atoms with van der Waals surface area (Å²) in [6.45, 7) is 9.98. The fraction of sp³-hybridized carbons (Fsp3) is 0.529. The minimum absolute atomic E-state index is 0.123. The molecule has 2 aromatic heterocycles. The normalized spacial score (nSPS) is 12.4. The van der Waals surface area contributed by atoms with Crippen molar-refractivity contribution in [1.82, 2.24) is 20.2 Å². The second-order valence-electron chi connectivity index (χ2n) is 6.58. The van der Waals surface area contributed by atoms with Gasteiger partial charge in [-0.05, 0) is 32.3 Å². The van der Waals surface area contributed by atoms with E-state index < -0.39 is 17.2 Å². The van der Waals surface area contributed by atoms with Crippen LogP contribution in [-0.2, 0) is 11.8 Å². The van der Waals surface area contributed by atoms with Gasteiger partial charge in [0.05, 0.1) is 10.6 Å². The van der Waals surface area contributed by atoms with Crippen molar-refractivity contribution >= 4 is 45.3 Å². The third-order valence-corrected chi connectivity index (χ3v) is 6.17. The van der Waals surface area contributed by atoms with Crippen molar-refractivity contribution in [1.29, 1.82) is 0 Å². The Bertz CT molecular complexity index is 902. The Kier molecular flexibility index (Phi) is 6.46. The van der Waals surface area contributed by atoms with Crippen LogP contribution in [0.4, 0.5) is 4.79 Å². The minimum Gasteiger partial charge on any atom is -0.338 e. The molecule has 2 aromatic rings. The molecule has 2 N–H and O–H groups in total. The number of rotatable bonds is 5. The maximum atomic E-state index is 12.6. The number of fused-ring (bicyclic) bond motifs is 1. The van der Waals surface area contributed by atoms with Gasteiger partial charge in [-0.3, -0.25) is 19.5 Å². The molecule has 0 aliphatic rings. The first-order valence-electron chi connectivity index (χ1n) is 8.33. The van der Waals surface area contributed by atoms with E-state index in [4.69, 9.17) is 0 Å². The monoisotopic (exact) mass is 396 g/mol. The van der Waals surface area contributed by atoms with E-state index in [1.165, 1.54) is 15.9 Å². The standard InChI is InChI=1S/C17H24N4O3S2/c1-8(2)7-18-16(24)19-13(22)11(5)26-17-20-14-12(15(23)21(17)6)9(3)10(4)25-14/h8,11H,7H2,1-6H3,(H2,18,19,22,24). The fourth-order valence-electron chi connectivity index (χ4n) is 2.23. The van der Waals surface area contributed by atoms with Crippen LogP contribution in [0.25, 0.3) is 10.2 Å². The largest absolute Gasteiger partial charge is 0.338 e. The zero-order chi connectivity index (χ0) is 19.6. The fourth-order valence-corrected chi connectivity index (χ4v) is 4.17. The summed E-state index contributed by atoms with van der Waals surface area (Å²) in [5.41, 5.74) is 0.823. The van der Waals surface area contributed by atoms with Gasteiger partial charge in [-0.15, -0.1) is 11.3 Å². The summed E-state index contributed by atoms with van der Waals surface area (Å²) >= 11 is 2.62. The van der Waals surface area contributed by atoms with Gasteiger partial charge in [-0.25, -0.2) is 9.78 Å². The Morgan fingerprint density at radius 3 is 2.54 bits per heavy atom. The van der Waals surface area contributed by atoms with Crippen LogP contribution >= 0.6 is 23.1 Å². The van der Waals surface area contributed by atoms with E-state index in [-0.39, 0.29) is 5.56 Å². The molecular weight excluding hydrogens is 372 g/mol. The van der Waals surface area contributed by atoms with Crippen LogP contribution in [0.1, 0.15) is 31.2 Å². The molecule has 3 amide bonds. The van der Waals surface area contributed by atoms with Crippen LogP contribution in [0, 0.1) is 19.8 Å². The number of hydrogen-bond donors (Lipinski definition) is 2. The molecule has 2 heterocycles. The zero-order valence-electron chi connectivity index (χ0n) is 15.8. The van der Waals surface area contributed by atoms with E-state index in [0.717, 1.165) is 22.2 Å². The number of imide groups is 1. The van der Waals surface area contributed by atoms with Crippen LogP contribution in [0.3, 0.4) is 0 Å². The predicted molar refractivity (Wildman–Crippen MR) is 106 cm³/mol. The van der Waals surface area contributed by atoms with Crippen molar-refractivity contribution in [2.45, 2.75) is 45.0 Å². The second kappa shape index (κ2) is 8.22. The number of carbonyl (C=O) groups is 2. The number of aromatic nitrogens is 2. The number of thiophene rings is 1. The first-order valence-corrected chi connectivity index (χ1v) is 10.0. The van der Waals surface area contributed by atoms with Crippen molar-refractivity contribution in [3.05, 3.63) is 20.8 Å². The number of nitrogens with zero attached hydrogens (tertiary/aromatic N) is 2. The van der Waals surface area contributed by atoms with Gasteiger partial charge in [0.15, 0.2) is 5.16 Å². The molecule has 1 atom stereocenters. The molecule has 0 fully saturated rings. The topological polar surface area (TPSA) is 93.1 Å². The molecule has 0 aromatic carbocycles. The summed E-state index contributed by atoms with van der Waals surface area (Å²) in [4.78, 5) is 42.8. The molecule has 0 bridgehead atoms. The van der Waals surface area contributed by atoms with E-state index in [1.54, 1.807) is 14.0 Å². The molecule has 26 heavy (non-hydrogen) atoms. The predicted octanol–water partition coefficient (Wildman–Crippen LogP) is 2.57. The summed E-state index contributed by atoms with van der Waals surface area (Å²) in [6, 6.07) is -0.516. The van der Waals surface area contributed by atoms with Crippen molar-refractivity contribution in [2.75, 3.05) is 6.54 Å². The van der Waals surface area contributed by atoms with Crippen LogP contribution in [0.15, 0.2) is 9.95 Å². The molecule has 0 saturated carbocycles. The number of nitrogens with one attached hydrogen (secondary N) is 2. The Labute approximate surface area is 160 Å². The number of urea groups is 1. The molecule has 0 saturated heterocycles. The quantitative estimate of drug-likeness (QED) is 0.598. The summed E-state index contributed by atoms with van der Waals surface area (Å²) in [7, 11) is 1.64. The van der Waals surface area contributed by atoms with E-state index in [0.29, 0.717) is 27.8 Å². The van der Waals surface area contributed by atoms with Gasteiger partial charge in [0.25, 0.3) is 5.56 Å². The van der Waals surface area contributed by atoms with Gasteiger partial charge < -0.3 is 5.32 Å². The molecule has 0 aliphatic heterocycles. The smallest absolute Gasteiger partial charge is 0.321 e. The maximum Gasteiger partial charge on any atom is 0.321 e. The summed E-state index contributed by atoms with van der Waals surface area (Å²) in [5, 5.41) is 5.46. The van der Waals surface area contributed by atoms with Gasteiger partial charge in [0, 0.05) is 18.5 Å². The highest BCUT2D eigenvalue weighted by molar-refractivity contribution is 8.00. The SMILES string of the molecule is Cc1sc2nc(SC(C)C(=O)NC(=O)NCC(C)C)n(C)c(=O)c2c1C. The first kappa shape index (κ1) is 20.4. The van der Waals surface area contributed by atoms with Gasteiger partial charge in [-0.2, -0.15) is 0 Å². The molecule has 9 heteroatoms. The lowest BCUT2D eigenvalue weighted by molar-refractivity contribution is -0.119. The molecule has 7 nitrogen and oxygen atoms in total. The van der Waals surface area contributed by atoms with E-state index in [9.17, 15) is 14.4 Å². The average molecular weight is 397 g/mol. The third kappa shape index (κ3) is 4.45. The van der Waals surface area contributed by atoms with Gasteiger partial charge in [0.1, 0.15) is 4.83 Å². The maximum absolute atomic E-state index is 12.6. The number of carbonyl (C=O) groups excluding carboxylic acids is 2. The van der Waals surface area contributed by atoms with Gasteiger partial charge in [0.2, 0.25) is 5.91 Å². The minimum atomic E-state index is -0.572. The highest BCUT2D eigenvalue weighted by Gasteiger charge is 2.21. The second-order valence-corrected chi connectivity index (χ2v) is 9.09. The molecule has 0 spiro atoms. The van der Waals surface area contributed by atoms with E-state index >= 15 is 0 Å². The summed E-state index contributed by atoms with van der Waals surface area (Å²) in [6.07, 6.45) is 0. The lowest BCUT2D eigenvalue weighted by Gasteiger charge is -2.14. The lowest BCUT2D eigenvalue weighted by Crippen LogP contribution is -2.43. The average Bonchev–Trinajstić information content (AvgIpc) is 2.84.